The van der Waals surface area contributed by atoms with E-state index in [0.29, 0.717) is 41.3 Å². The van der Waals surface area contributed by atoms with Crippen molar-refractivity contribution in [3.8, 4) is 22.8 Å². The van der Waals surface area contributed by atoms with E-state index in [1.807, 2.05) is 12.1 Å². The zero-order valence-corrected chi connectivity index (χ0v) is 17.2. The Morgan fingerprint density at radius 2 is 2.10 bits per heavy atom. The molecule has 0 amide bonds. The molecule has 1 saturated carbocycles. The molecule has 0 aromatic carbocycles. The highest BCUT2D eigenvalue weighted by Gasteiger charge is 2.40. The fourth-order valence-electron chi connectivity index (χ4n) is 3.42. The van der Waals surface area contributed by atoms with Crippen molar-refractivity contribution in [3.63, 3.8) is 0 Å². The van der Waals surface area contributed by atoms with Crippen molar-refractivity contribution in [2.75, 3.05) is 13.7 Å². The third-order valence-corrected chi connectivity index (χ3v) is 5.22. The zero-order valence-electron chi connectivity index (χ0n) is 17.2. The van der Waals surface area contributed by atoms with Crippen molar-refractivity contribution < 1.29 is 19.4 Å². The van der Waals surface area contributed by atoms with Crippen LogP contribution in [0.15, 0.2) is 47.7 Å². The molecule has 3 aromatic rings. The SMILES string of the molecule is COc1ccc([C@@H]2CC2COc2nc(C)ncc2-c2ccn(CC(=O)O)c(=O)c2)nc1. The highest BCUT2D eigenvalue weighted by molar-refractivity contribution is 5.68. The van der Waals surface area contributed by atoms with E-state index in [1.165, 1.54) is 12.3 Å². The summed E-state index contributed by atoms with van der Waals surface area (Å²) in [6, 6.07) is 6.89. The van der Waals surface area contributed by atoms with Crippen LogP contribution in [0.4, 0.5) is 0 Å². The van der Waals surface area contributed by atoms with E-state index in [0.717, 1.165) is 22.4 Å². The average Bonchev–Trinajstić information content (AvgIpc) is 3.53. The van der Waals surface area contributed by atoms with Gasteiger partial charge in [-0.05, 0) is 37.1 Å². The number of methoxy groups -OCH3 is 1. The number of aryl methyl sites for hydroxylation is 1. The largest absolute Gasteiger partial charge is 0.495 e. The fourth-order valence-corrected chi connectivity index (χ4v) is 3.42. The highest BCUT2D eigenvalue weighted by atomic mass is 16.5. The Morgan fingerprint density at radius 3 is 2.77 bits per heavy atom. The predicted molar refractivity (Wildman–Crippen MR) is 111 cm³/mol. The summed E-state index contributed by atoms with van der Waals surface area (Å²) in [5.74, 6) is 1.26. The summed E-state index contributed by atoms with van der Waals surface area (Å²) in [7, 11) is 1.61. The van der Waals surface area contributed by atoms with Crippen LogP contribution < -0.4 is 15.0 Å². The zero-order chi connectivity index (χ0) is 22.0. The third kappa shape index (κ3) is 4.71. The molecule has 9 heteroatoms. The Balaban J connectivity index is 1.48. The van der Waals surface area contributed by atoms with Gasteiger partial charge in [-0.1, -0.05) is 0 Å². The van der Waals surface area contributed by atoms with Gasteiger partial charge in [-0.25, -0.2) is 4.98 Å². The van der Waals surface area contributed by atoms with E-state index in [2.05, 4.69) is 15.0 Å². The molecule has 1 aliphatic carbocycles. The molecule has 160 valence electrons. The summed E-state index contributed by atoms with van der Waals surface area (Å²) in [6.07, 6.45) is 5.75. The number of hydrogen-bond donors (Lipinski definition) is 1. The standard InChI is InChI=1S/C22H22N4O5/c1-13-23-10-18(14-5-6-26(11-21(28)29)20(27)8-14)22(25-13)31-12-15-7-17(15)19-4-3-16(30-2)9-24-19/h3-6,8-10,15,17H,7,11-12H2,1-2H3,(H,28,29)/t15?,17-/m1/s1. The second kappa shape index (κ2) is 8.55. The first-order valence-corrected chi connectivity index (χ1v) is 9.83. The topological polar surface area (TPSA) is 116 Å². The lowest BCUT2D eigenvalue weighted by molar-refractivity contribution is -0.137. The van der Waals surface area contributed by atoms with Crippen LogP contribution in [-0.2, 0) is 11.3 Å². The van der Waals surface area contributed by atoms with Crippen LogP contribution in [0.2, 0.25) is 0 Å². The van der Waals surface area contributed by atoms with Crippen LogP contribution in [0.5, 0.6) is 11.6 Å². The third-order valence-electron chi connectivity index (χ3n) is 5.22. The monoisotopic (exact) mass is 422 g/mol. The number of hydrogen-bond acceptors (Lipinski definition) is 7. The predicted octanol–water partition coefficient (Wildman–Crippen LogP) is 2.28. The average molecular weight is 422 g/mol. The van der Waals surface area contributed by atoms with Gasteiger partial charge in [-0.15, -0.1) is 0 Å². The molecule has 1 aliphatic rings. The summed E-state index contributed by atoms with van der Waals surface area (Å²) in [6.45, 7) is 1.84. The van der Waals surface area contributed by atoms with Crippen LogP contribution in [-0.4, -0.2) is 44.3 Å². The molecule has 0 spiro atoms. The maximum atomic E-state index is 12.3. The Kier molecular flexibility index (Phi) is 5.66. The van der Waals surface area contributed by atoms with Crippen LogP contribution >= 0.6 is 0 Å². The van der Waals surface area contributed by atoms with Gasteiger partial charge in [0.1, 0.15) is 18.1 Å². The normalized spacial score (nSPS) is 17.2. The molecular formula is C22H22N4O5. The van der Waals surface area contributed by atoms with Gasteiger partial charge in [0.05, 0.1) is 25.5 Å². The highest BCUT2D eigenvalue weighted by Crippen LogP contribution is 2.47. The molecule has 1 fully saturated rings. The molecule has 4 rings (SSSR count). The number of carbonyl (C=O) groups is 1. The second-order valence-electron chi connectivity index (χ2n) is 7.45. The number of aliphatic carboxylic acids is 1. The van der Waals surface area contributed by atoms with Crippen LogP contribution in [0, 0.1) is 12.8 Å². The Labute approximate surface area is 178 Å². The van der Waals surface area contributed by atoms with Gasteiger partial charge in [-0.3, -0.25) is 14.6 Å². The summed E-state index contributed by atoms with van der Waals surface area (Å²) < 4.78 is 12.3. The van der Waals surface area contributed by atoms with E-state index in [1.54, 1.807) is 32.5 Å². The first-order chi connectivity index (χ1) is 14.9. The van der Waals surface area contributed by atoms with Gasteiger partial charge in [0.2, 0.25) is 5.88 Å². The van der Waals surface area contributed by atoms with Crippen molar-refractivity contribution in [1.82, 2.24) is 19.5 Å². The van der Waals surface area contributed by atoms with Gasteiger partial charge in [0.15, 0.2) is 0 Å². The van der Waals surface area contributed by atoms with E-state index in [-0.39, 0.29) is 0 Å². The maximum absolute atomic E-state index is 12.3. The lowest BCUT2D eigenvalue weighted by Gasteiger charge is -2.11. The minimum absolute atomic E-state index is 0.326. The number of rotatable bonds is 8. The molecule has 0 aliphatic heterocycles. The van der Waals surface area contributed by atoms with Crippen molar-refractivity contribution in [2.45, 2.75) is 25.8 Å². The van der Waals surface area contributed by atoms with Gasteiger partial charge in [0, 0.05) is 36.0 Å². The lowest BCUT2D eigenvalue weighted by Crippen LogP contribution is -2.22. The van der Waals surface area contributed by atoms with Crippen LogP contribution in [0.3, 0.4) is 0 Å². The number of carboxylic acid groups (broad SMARTS) is 1. The lowest BCUT2D eigenvalue weighted by atomic mass is 10.1. The summed E-state index contributed by atoms with van der Waals surface area (Å²) in [5, 5.41) is 8.90. The number of ether oxygens (including phenoxy) is 2. The summed E-state index contributed by atoms with van der Waals surface area (Å²) in [4.78, 5) is 36.2. The van der Waals surface area contributed by atoms with Gasteiger partial charge >= 0.3 is 5.97 Å². The molecule has 2 atom stereocenters. The first-order valence-electron chi connectivity index (χ1n) is 9.83. The molecule has 0 radical (unpaired) electrons. The van der Waals surface area contributed by atoms with Crippen LogP contribution in [0.1, 0.15) is 23.9 Å². The molecule has 1 unspecified atom stereocenters. The van der Waals surface area contributed by atoms with Crippen molar-refractivity contribution in [3.05, 3.63) is 64.7 Å². The smallest absolute Gasteiger partial charge is 0.323 e. The molecular weight excluding hydrogens is 400 g/mol. The molecule has 31 heavy (non-hydrogen) atoms. The quantitative estimate of drug-likeness (QED) is 0.588. The number of carboxylic acids is 1. The van der Waals surface area contributed by atoms with Crippen molar-refractivity contribution >= 4 is 5.97 Å². The van der Waals surface area contributed by atoms with Crippen molar-refractivity contribution in [2.24, 2.45) is 5.92 Å². The summed E-state index contributed by atoms with van der Waals surface area (Å²) in [5.41, 5.74) is 1.76. The minimum atomic E-state index is -1.08. The van der Waals surface area contributed by atoms with Crippen LogP contribution in [0.25, 0.3) is 11.1 Å². The van der Waals surface area contributed by atoms with E-state index < -0.39 is 18.1 Å². The number of pyridine rings is 2. The second-order valence-corrected chi connectivity index (χ2v) is 7.45. The van der Waals surface area contributed by atoms with Gasteiger partial charge < -0.3 is 19.1 Å². The Bertz CT molecular complexity index is 1160. The van der Waals surface area contributed by atoms with Gasteiger partial charge in [0.25, 0.3) is 5.56 Å². The van der Waals surface area contributed by atoms with E-state index in [9.17, 15) is 9.59 Å². The maximum Gasteiger partial charge on any atom is 0.323 e. The Morgan fingerprint density at radius 1 is 1.26 bits per heavy atom. The fraction of sp³-hybridized carbons (Fsp3) is 0.318. The van der Waals surface area contributed by atoms with E-state index in [4.69, 9.17) is 14.6 Å². The van der Waals surface area contributed by atoms with Crippen molar-refractivity contribution in [1.29, 1.82) is 0 Å². The van der Waals surface area contributed by atoms with E-state index >= 15 is 0 Å². The summed E-state index contributed by atoms with van der Waals surface area (Å²) >= 11 is 0. The molecule has 3 heterocycles. The molecule has 3 aromatic heterocycles. The molecule has 0 bridgehead atoms. The number of nitrogens with zero attached hydrogens (tertiary/aromatic N) is 4. The van der Waals surface area contributed by atoms with Gasteiger partial charge in [-0.2, -0.15) is 4.98 Å². The molecule has 1 N–H and O–H groups in total. The minimum Gasteiger partial charge on any atom is -0.495 e. The molecule has 9 nitrogen and oxygen atoms in total. The first kappa shape index (κ1) is 20.5. The molecule has 0 saturated heterocycles. The number of aromatic nitrogens is 4. The Hall–Kier alpha value is -3.75.